The molecular formula is C27H33N3O5. The number of esters is 1. The van der Waals surface area contributed by atoms with Gasteiger partial charge in [0.25, 0.3) is 0 Å². The van der Waals surface area contributed by atoms with E-state index in [0.29, 0.717) is 44.2 Å². The Balaban J connectivity index is 1.65. The number of carboxylic acid groups (broad SMARTS) is 1. The van der Waals surface area contributed by atoms with Gasteiger partial charge >= 0.3 is 11.9 Å². The highest BCUT2D eigenvalue weighted by atomic mass is 16.5. The number of nitrogens with one attached hydrogen (secondary N) is 1. The topological polar surface area (TPSA) is 122 Å². The minimum atomic E-state index is -1.01. The number of benzene rings is 2. The number of nitrogens with two attached hydrogens (primary N) is 1. The van der Waals surface area contributed by atoms with Gasteiger partial charge in [-0.15, -0.1) is 0 Å². The molecule has 4 rings (SSSR count). The Bertz CT molecular complexity index is 1070. The standard InChI is InChI=1S/C27H33N3O5/c1-2-35-27(34)21(14-11-17-7-4-3-5-8-17)29-22-15-18-12-13-19(28)16-20(18)23-9-6-10-24(26(32)33)30(23)25(22)31/h3-5,7-8,12-13,16,21-24,29H,2,6,9-11,14-15,28H2,1H3,(H,32,33)/t21-,22-,23+,24-/m0/s1. The summed E-state index contributed by atoms with van der Waals surface area (Å²) >= 11 is 0. The second-order valence-electron chi connectivity index (χ2n) is 9.26. The van der Waals surface area contributed by atoms with Crippen molar-refractivity contribution in [3.8, 4) is 0 Å². The number of ether oxygens (including phenoxy) is 1. The molecule has 0 aliphatic carbocycles. The van der Waals surface area contributed by atoms with Crippen molar-refractivity contribution in [1.29, 1.82) is 0 Å². The molecule has 2 aromatic carbocycles. The van der Waals surface area contributed by atoms with E-state index in [1.54, 1.807) is 13.0 Å². The van der Waals surface area contributed by atoms with E-state index in [1.165, 1.54) is 4.90 Å². The van der Waals surface area contributed by atoms with Gasteiger partial charge in [0, 0.05) is 5.69 Å². The first-order valence-corrected chi connectivity index (χ1v) is 12.3. The lowest BCUT2D eigenvalue weighted by molar-refractivity contribution is -0.156. The third-order valence-corrected chi connectivity index (χ3v) is 6.96. The summed E-state index contributed by atoms with van der Waals surface area (Å²) in [6, 6.07) is 12.7. The molecule has 2 aliphatic rings. The number of rotatable bonds is 8. The van der Waals surface area contributed by atoms with E-state index in [9.17, 15) is 19.5 Å². The molecular weight excluding hydrogens is 446 g/mol. The van der Waals surface area contributed by atoms with Gasteiger partial charge in [0.2, 0.25) is 5.91 Å². The Kier molecular flexibility index (Phi) is 7.70. The van der Waals surface area contributed by atoms with E-state index in [4.69, 9.17) is 10.5 Å². The van der Waals surface area contributed by atoms with Crippen molar-refractivity contribution in [2.75, 3.05) is 12.3 Å². The number of anilines is 1. The predicted molar refractivity (Wildman–Crippen MR) is 132 cm³/mol. The monoisotopic (exact) mass is 479 g/mol. The van der Waals surface area contributed by atoms with Gasteiger partial charge in [0.15, 0.2) is 0 Å². The normalized spacial score (nSPS) is 22.5. The number of hydrogen-bond acceptors (Lipinski definition) is 6. The third kappa shape index (κ3) is 5.48. The largest absolute Gasteiger partial charge is 0.480 e. The fourth-order valence-corrected chi connectivity index (χ4v) is 5.29. The van der Waals surface area contributed by atoms with Gasteiger partial charge < -0.3 is 20.5 Å². The average molecular weight is 480 g/mol. The molecule has 2 heterocycles. The molecule has 0 radical (unpaired) electrons. The summed E-state index contributed by atoms with van der Waals surface area (Å²) in [5.41, 5.74) is 9.56. The molecule has 1 fully saturated rings. The number of hydrogen-bond donors (Lipinski definition) is 3. The summed E-state index contributed by atoms with van der Waals surface area (Å²) in [5, 5.41) is 13.2. The maximum atomic E-state index is 13.9. The van der Waals surface area contributed by atoms with E-state index in [0.717, 1.165) is 16.7 Å². The van der Waals surface area contributed by atoms with Gasteiger partial charge in [0.1, 0.15) is 12.1 Å². The molecule has 2 aromatic rings. The number of aryl methyl sites for hydroxylation is 1. The number of nitrogens with zero attached hydrogens (tertiary/aromatic N) is 1. The Hall–Kier alpha value is -3.39. The lowest BCUT2D eigenvalue weighted by atomic mass is 9.89. The van der Waals surface area contributed by atoms with Crippen LogP contribution in [0.2, 0.25) is 0 Å². The summed E-state index contributed by atoms with van der Waals surface area (Å²) in [6.45, 7) is 1.98. The summed E-state index contributed by atoms with van der Waals surface area (Å²) in [7, 11) is 0. The highest BCUT2D eigenvalue weighted by Crippen LogP contribution is 2.40. The first-order valence-electron chi connectivity index (χ1n) is 12.3. The minimum Gasteiger partial charge on any atom is -0.480 e. The fourth-order valence-electron chi connectivity index (χ4n) is 5.29. The summed E-state index contributed by atoms with van der Waals surface area (Å²) in [5.74, 6) is -1.73. The van der Waals surface area contributed by atoms with Gasteiger partial charge in [-0.3, -0.25) is 14.9 Å². The molecule has 2 aliphatic heterocycles. The quantitative estimate of drug-likeness (QED) is 0.393. The molecule has 0 unspecified atom stereocenters. The number of carbonyl (C=O) groups is 3. The number of fused-ring (bicyclic) bond motifs is 3. The molecule has 0 aromatic heterocycles. The van der Waals surface area contributed by atoms with Crippen LogP contribution in [-0.4, -0.2) is 52.6 Å². The molecule has 186 valence electrons. The molecule has 35 heavy (non-hydrogen) atoms. The first-order chi connectivity index (χ1) is 16.9. The van der Waals surface area contributed by atoms with Crippen LogP contribution in [0, 0.1) is 0 Å². The van der Waals surface area contributed by atoms with Crippen molar-refractivity contribution in [2.24, 2.45) is 0 Å². The van der Waals surface area contributed by atoms with Crippen LogP contribution in [0.25, 0.3) is 0 Å². The Labute approximate surface area is 205 Å². The maximum absolute atomic E-state index is 13.9. The van der Waals surface area contributed by atoms with Gasteiger partial charge in [-0.1, -0.05) is 36.4 Å². The van der Waals surface area contributed by atoms with Crippen molar-refractivity contribution < 1.29 is 24.2 Å². The second-order valence-corrected chi connectivity index (χ2v) is 9.26. The van der Waals surface area contributed by atoms with Crippen LogP contribution in [0.5, 0.6) is 0 Å². The van der Waals surface area contributed by atoms with Crippen molar-refractivity contribution in [3.05, 3.63) is 65.2 Å². The van der Waals surface area contributed by atoms with Gasteiger partial charge in [-0.25, -0.2) is 4.79 Å². The average Bonchev–Trinajstić information content (AvgIpc) is 2.97. The summed E-state index contributed by atoms with van der Waals surface area (Å²) in [6.07, 6.45) is 3.21. The van der Waals surface area contributed by atoms with E-state index in [-0.39, 0.29) is 18.6 Å². The molecule has 0 bridgehead atoms. The number of amides is 1. The van der Waals surface area contributed by atoms with Crippen LogP contribution in [-0.2, 0) is 32.0 Å². The molecule has 8 heteroatoms. The molecule has 4 N–H and O–H groups in total. The third-order valence-electron chi connectivity index (χ3n) is 6.96. The number of carboxylic acids is 1. The molecule has 1 saturated heterocycles. The summed E-state index contributed by atoms with van der Waals surface area (Å²) < 4.78 is 5.31. The zero-order valence-electron chi connectivity index (χ0n) is 20.0. The predicted octanol–water partition coefficient (Wildman–Crippen LogP) is 2.85. The van der Waals surface area contributed by atoms with Crippen LogP contribution in [0.1, 0.15) is 55.3 Å². The van der Waals surface area contributed by atoms with E-state index in [1.807, 2.05) is 42.5 Å². The Morgan fingerprint density at radius 1 is 1.20 bits per heavy atom. The number of aliphatic carboxylic acids is 1. The first kappa shape index (κ1) is 24.7. The summed E-state index contributed by atoms with van der Waals surface area (Å²) in [4.78, 5) is 40.3. The number of carbonyl (C=O) groups excluding carboxylic acids is 2. The maximum Gasteiger partial charge on any atom is 0.326 e. The molecule has 4 atom stereocenters. The van der Waals surface area contributed by atoms with Gasteiger partial charge in [-0.2, -0.15) is 0 Å². The lowest BCUT2D eigenvalue weighted by Crippen LogP contribution is -2.57. The Morgan fingerprint density at radius 2 is 1.97 bits per heavy atom. The van der Waals surface area contributed by atoms with Gasteiger partial charge in [-0.05, 0) is 74.3 Å². The van der Waals surface area contributed by atoms with Crippen molar-refractivity contribution in [1.82, 2.24) is 10.2 Å². The number of piperidine rings is 1. The van der Waals surface area contributed by atoms with E-state index >= 15 is 0 Å². The van der Waals surface area contributed by atoms with Crippen LogP contribution in [0.15, 0.2) is 48.5 Å². The Morgan fingerprint density at radius 3 is 2.69 bits per heavy atom. The van der Waals surface area contributed by atoms with Crippen LogP contribution < -0.4 is 11.1 Å². The smallest absolute Gasteiger partial charge is 0.326 e. The van der Waals surface area contributed by atoms with Gasteiger partial charge in [0.05, 0.1) is 18.7 Å². The lowest BCUT2D eigenvalue weighted by Gasteiger charge is -2.41. The number of nitrogen functional groups attached to an aromatic ring is 1. The van der Waals surface area contributed by atoms with Crippen molar-refractivity contribution in [3.63, 3.8) is 0 Å². The zero-order valence-corrected chi connectivity index (χ0v) is 20.0. The second kappa shape index (κ2) is 10.9. The molecule has 0 spiro atoms. The SMILES string of the molecule is CCOC(=O)[C@H](CCc1ccccc1)N[C@H]1Cc2ccc(N)cc2[C@H]2CCC[C@@H](C(=O)O)N2C1=O. The van der Waals surface area contributed by atoms with E-state index in [2.05, 4.69) is 5.32 Å². The zero-order chi connectivity index (χ0) is 24.9. The van der Waals surface area contributed by atoms with Crippen LogP contribution >= 0.6 is 0 Å². The van der Waals surface area contributed by atoms with Crippen LogP contribution in [0.3, 0.4) is 0 Å². The molecule has 1 amide bonds. The van der Waals surface area contributed by atoms with Crippen LogP contribution in [0.4, 0.5) is 5.69 Å². The van der Waals surface area contributed by atoms with E-state index < -0.39 is 30.1 Å². The van der Waals surface area contributed by atoms with Crippen molar-refractivity contribution >= 4 is 23.5 Å². The van der Waals surface area contributed by atoms with Crippen molar-refractivity contribution in [2.45, 2.75) is 69.6 Å². The highest BCUT2D eigenvalue weighted by Gasteiger charge is 2.45. The fraction of sp³-hybridized carbons (Fsp3) is 0.444. The minimum absolute atomic E-state index is 0.234. The molecule has 8 nitrogen and oxygen atoms in total. The highest BCUT2D eigenvalue weighted by molar-refractivity contribution is 5.89. The molecule has 0 saturated carbocycles.